The maximum atomic E-state index is 13.9. The van der Waals surface area contributed by atoms with Gasteiger partial charge in [0.1, 0.15) is 60.8 Å². The molecule has 0 fully saturated rings. The maximum Gasteiger partial charge on any atom is 0.326 e. The number of carbonyl (C=O) groups excluding carboxylic acids is 9. The fraction of sp³-hybridized carbons (Fsp3) is 0.702. The van der Waals surface area contributed by atoms with Gasteiger partial charge in [-0.15, -0.1) is 0 Å². The predicted molar refractivity (Wildman–Crippen MR) is 264 cm³/mol. The summed E-state index contributed by atoms with van der Waals surface area (Å²) in [4.78, 5) is 178. The molecule has 0 aromatic carbocycles. The molecule has 0 spiro atoms. The average molecular weight is 1090 g/mol. The van der Waals surface area contributed by atoms with Crippen molar-refractivity contribution in [3.63, 3.8) is 0 Å². The van der Waals surface area contributed by atoms with Crippen molar-refractivity contribution in [1.82, 2.24) is 47.9 Å². The summed E-state index contributed by atoms with van der Waals surface area (Å²) in [5.41, 5.74) is 3.48. The predicted octanol–water partition coefficient (Wildman–Crippen LogP) is -3.44. The Morgan fingerprint density at radius 3 is 0.868 bits per heavy atom. The molecule has 29 heteroatoms. The van der Waals surface area contributed by atoms with Crippen molar-refractivity contribution < 1.29 is 98.4 Å². The lowest BCUT2D eigenvalue weighted by molar-refractivity contribution is -0.403. The Bertz CT molecular complexity index is 2100. The van der Waals surface area contributed by atoms with Crippen LogP contribution in [0.5, 0.6) is 0 Å². The van der Waals surface area contributed by atoms with Crippen LogP contribution in [-0.4, -0.2) is 169 Å². The number of amides is 9. The Morgan fingerprint density at radius 2 is 0.566 bits per heavy atom. The number of nitrogens with one attached hydrogen (secondary N) is 9. The van der Waals surface area contributed by atoms with Crippen LogP contribution >= 0.6 is 0 Å². The van der Waals surface area contributed by atoms with Gasteiger partial charge in [0.15, 0.2) is 6.04 Å². The van der Waals surface area contributed by atoms with Gasteiger partial charge in [-0.05, 0) is 69.6 Å². The van der Waals surface area contributed by atoms with E-state index in [1.807, 2.05) is 0 Å². The molecule has 430 valence electrons. The van der Waals surface area contributed by atoms with Gasteiger partial charge in [0.25, 0.3) is 5.91 Å². The molecule has 0 aromatic rings. The van der Waals surface area contributed by atoms with Crippen LogP contribution < -0.4 is 53.6 Å². The van der Waals surface area contributed by atoms with Gasteiger partial charge in [0.05, 0.1) is 12.8 Å². The molecule has 76 heavy (non-hydrogen) atoms. The third-order valence-corrected chi connectivity index (χ3v) is 10.9. The van der Waals surface area contributed by atoms with Crippen molar-refractivity contribution in [1.29, 1.82) is 0 Å². The van der Waals surface area contributed by atoms with Crippen LogP contribution in [0, 0.1) is 23.7 Å². The monoisotopic (exact) mass is 1090 g/mol. The van der Waals surface area contributed by atoms with Crippen LogP contribution in [0.25, 0.3) is 0 Å². The van der Waals surface area contributed by atoms with E-state index in [1.54, 1.807) is 55.4 Å². The Labute approximate surface area is 439 Å². The Morgan fingerprint density at radius 1 is 0.316 bits per heavy atom. The summed E-state index contributed by atoms with van der Waals surface area (Å²) in [5.74, 6) is -17.4. The first-order valence-electron chi connectivity index (χ1n) is 24.7. The molecule has 17 N–H and O–H groups in total. The van der Waals surface area contributed by atoms with Gasteiger partial charge in [-0.2, -0.15) is 0 Å². The lowest BCUT2D eigenvalue weighted by Gasteiger charge is -2.28. The first kappa shape index (κ1) is 68.5. The molecule has 0 saturated carbocycles. The molecule has 0 heterocycles. The van der Waals surface area contributed by atoms with E-state index in [4.69, 9.17) is 10.2 Å². The summed E-state index contributed by atoms with van der Waals surface area (Å²) in [6.45, 7) is 16.0. The van der Waals surface area contributed by atoms with E-state index >= 15 is 0 Å². The lowest BCUT2D eigenvalue weighted by atomic mass is 9.99. The summed E-state index contributed by atoms with van der Waals surface area (Å²) in [5, 5.41) is 67.8. The number of aliphatic carboxylic acids is 5. The van der Waals surface area contributed by atoms with Crippen molar-refractivity contribution >= 4 is 83.0 Å². The van der Waals surface area contributed by atoms with Crippen LogP contribution in [0.1, 0.15) is 127 Å². The lowest BCUT2D eigenvalue weighted by Crippen LogP contribution is -2.69. The van der Waals surface area contributed by atoms with Crippen molar-refractivity contribution in [2.24, 2.45) is 23.7 Å². The Balaban J connectivity index is 6.28. The van der Waals surface area contributed by atoms with E-state index < -0.39 is 176 Å². The quantitative estimate of drug-likeness (QED) is 0.0290. The summed E-state index contributed by atoms with van der Waals surface area (Å²) < 4.78 is 0. The highest BCUT2D eigenvalue weighted by Gasteiger charge is 2.36. The minimum absolute atomic E-state index is 0.00783. The number of carboxylic acids is 5. The van der Waals surface area contributed by atoms with E-state index in [1.165, 1.54) is 13.8 Å². The normalized spacial score (nSPS) is 15.1. The van der Waals surface area contributed by atoms with Gasteiger partial charge in [-0.3, -0.25) is 62.3 Å². The molecule has 0 aromatic heterocycles. The van der Waals surface area contributed by atoms with Crippen molar-refractivity contribution in [2.45, 2.75) is 187 Å². The second kappa shape index (κ2) is 33.5. The maximum absolute atomic E-state index is 13.9. The number of hydrogen-bond acceptors (Lipinski definition) is 14. The molecule has 0 aliphatic heterocycles. The van der Waals surface area contributed by atoms with Crippen LogP contribution in [0.3, 0.4) is 0 Å². The first-order valence-corrected chi connectivity index (χ1v) is 24.7. The number of hydrogen-bond donors (Lipinski definition) is 15. The molecule has 0 rings (SSSR count). The largest absolute Gasteiger partial charge is 0.481 e. The molecule has 9 amide bonds. The molecule has 0 bridgehead atoms. The highest BCUT2D eigenvalue weighted by Crippen LogP contribution is 2.12. The van der Waals surface area contributed by atoms with Crippen molar-refractivity contribution in [2.75, 3.05) is 0 Å². The van der Waals surface area contributed by atoms with Gasteiger partial charge >= 0.3 is 29.8 Å². The zero-order valence-electron chi connectivity index (χ0n) is 44.6. The molecule has 10 atom stereocenters. The van der Waals surface area contributed by atoms with E-state index in [2.05, 4.69) is 53.6 Å². The van der Waals surface area contributed by atoms with Crippen molar-refractivity contribution in [3.8, 4) is 0 Å². The molecule has 0 aliphatic carbocycles. The number of quaternary nitrogens is 1. The molecule has 0 unspecified atom stereocenters. The minimum Gasteiger partial charge on any atom is -0.481 e. The van der Waals surface area contributed by atoms with E-state index in [0.29, 0.717) is 0 Å². The molecule has 0 saturated heterocycles. The Hall–Kier alpha value is -7.46. The summed E-state index contributed by atoms with van der Waals surface area (Å²) in [6.07, 6.45) is -3.90. The fourth-order valence-electron chi connectivity index (χ4n) is 7.14. The number of rotatable bonds is 36. The standard InChI is InChI=1S/C47H78N10O19/c1-20(2)13-28(41(69)49-25(10)39(67)53-33(19-37(64)65)46(74)56-31(16-23(7)8)43(71)51-27(47(75)76)11-12-34(58)59)55-44(72)29(14-21(3)4)52-38(66)24(9)50-42(70)32(18-36(62)63)57-45(73)30(15-22(5)6)54-40(68)26(48)17-35(60)61/h20-33H,11-19,48H2,1-10H3,(H,49,69)(H,50,70)(H,51,71)(H,52,66)(H,53,67)(H,54,68)(H,55,72)(H,56,74)(H,57,73)(H,58,59)(H,60,61)(H,62,63)(H,64,65)(H,75,76)/p+1/t24-,25-,26-,27-,28-,29-,30-,31-,32-,33-/m0/s1. The van der Waals surface area contributed by atoms with Gasteiger partial charge in [-0.1, -0.05) is 55.4 Å². The molecule has 0 radical (unpaired) electrons. The SMILES string of the molecule is CC(C)C[C@H](NC(=O)[C@H](C)NC(=O)[C@H](CC(=O)O)NC(=O)[C@H](CC(C)C)NC(=O)[C@@H]([NH3+])CC(=O)O)C(=O)N[C@@H](CC(C)C)C(=O)N[C@@H](C)C(=O)N[C@@H](CC(=O)O)C(=O)N[C@@H](CC(C)C)C(=O)N[C@@H](CCC(=O)O)C(=O)O. The zero-order valence-corrected chi connectivity index (χ0v) is 44.6. The van der Waals surface area contributed by atoms with Crippen LogP contribution in [0.4, 0.5) is 0 Å². The van der Waals surface area contributed by atoms with Crippen LogP contribution in [0.2, 0.25) is 0 Å². The number of carboxylic acid groups (broad SMARTS) is 5. The summed E-state index contributed by atoms with van der Waals surface area (Å²) in [7, 11) is 0. The first-order chi connectivity index (χ1) is 35.0. The zero-order chi connectivity index (χ0) is 58.9. The molecular formula is C47H79N10O19+. The minimum atomic E-state index is -1.85. The van der Waals surface area contributed by atoms with Gasteiger partial charge in [0, 0.05) is 6.42 Å². The smallest absolute Gasteiger partial charge is 0.326 e. The number of carbonyl (C=O) groups is 14. The van der Waals surface area contributed by atoms with Gasteiger partial charge < -0.3 is 79.1 Å². The third-order valence-electron chi connectivity index (χ3n) is 10.9. The van der Waals surface area contributed by atoms with Gasteiger partial charge in [0.2, 0.25) is 47.3 Å². The third kappa shape index (κ3) is 27.7. The van der Waals surface area contributed by atoms with Crippen LogP contribution in [0.15, 0.2) is 0 Å². The summed E-state index contributed by atoms with van der Waals surface area (Å²) in [6, 6.07) is -15.1. The topological polar surface area (TPSA) is 476 Å². The second-order valence-electron chi connectivity index (χ2n) is 20.2. The van der Waals surface area contributed by atoms with E-state index in [-0.39, 0.29) is 49.4 Å². The molecule has 29 nitrogen and oxygen atoms in total. The van der Waals surface area contributed by atoms with E-state index in [9.17, 15) is 82.4 Å². The average Bonchev–Trinajstić information content (AvgIpc) is 3.27. The second-order valence-corrected chi connectivity index (χ2v) is 20.2. The summed E-state index contributed by atoms with van der Waals surface area (Å²) >= 11 is 0. The van der Waals surface area contributed by atoms with Crippen molar-refractivity contribution in [3.05, 3.63) is 0 Å². The molecule has 0 aliphatic rings. The Kier molecular flexibility index (Phi) is 30.2. The van der Waals surface area contributed by atoms with Crippen LogP contribution in [-0.2, 0) is 67.1 Å². The highest BCUT2D eigenvalue weighted by atomic mass is 16.4. The van der Waals surface area contributed by atoms with Gasteiger partial charge in [-0.25, -0.2) is 4.79 Å². The molecular weight excluding hydrogens is 1010 g/mol. The van der Waals surface area contributed by atoms with E-state index in [0.717, 1.165) is 0 Å². The highest BCUT2D eigenvalue weighted by molar-refractivity contribution is 5.99. The fourth-order valence-corrected chi connectivity index (χ4v) is 7.14.